The van der Waals surface area contributed by atoms with Crippen LogP contribution in [0.15, 0.2) is 36.4 Å². The summed E-state index contributed by atoms with van der Waals surface area (Å²) in [6.07, 6.45) is 1.42. The van der Waals surface area contributed by atoms with E-state index >= 15 is 0 Å². The lowest BCUT2D eigenvalue weighted by atomic mass is 10.0. The third kappa shape index (κ3) is 4.72. The summed E-state index contributed by atoms with van der Waals surface area (Å²) in [6.45, 7) is 2.58. The Bertz CT molecular complexity index is 1080. The zero-order valence-electron chi connectivity index (χ0n) is 18.6. The Hall–Kier alpha value is -3.75. The Morgan fingerprint density at radius 1 is 1.21 bits per heavy atom. The molecule has 0 bridgehead atoms. The zero-order chi connectivity index (χ0) is 23.5. The van der Waals surface area contributed by atoms with E-state index in [1.807, 2.05) is 13.0 Å². The van der Waals surface area contributed by atoms with Gasteiger partial charge in [0.15, 0.2) is 11.5 Å². The molecule has 3 N–H and O–H groups in total. The first kappa shape index (κ1) is 22.4. The first-order valence-corrected chi connectivity index (χ1v) is 10.9. The molecule has 33 heavy (non-hydrogen) atoms. The number of benzene rings is 2. The normalized spacial score (nSPS) is 15.6. The van der Waals surface area contributed by atoms with Crippen molar-refractivity contribution >= 4 is 23.5 Å². The fourth-order valence-electron chi connectivity index (χ4n) is 3.97. The SMILES string of the molecule is CCOc1cc(C(CC(=O)NOC(=O)C2CC2)N2Cc3cccc(N)c3C2=O)ccc1OC. The van der Waals surface area contributed by atoms with Gasteiger partial charge >= 0.3 is 5.97 Å². The molecule has 1 atom stereocenters. The molecule has 2 aromatic rings. The van der Waals surface area contributed by atoms with Crippen LogP contribution in [0, 0.1) is 5.92 Å². The number of hydrogen-bond acceptors (Lipinski definition) is 7. The van der Waals surface area contributed by atoms with Crippen LogP contribution in [0.3, 0.4) is 0 Å². The number of amides is 2. The highest BCUT2D eigenvalue weighted by atomic mass is 16.7. The molecule has 4 rings (SSSR count). The number of carbonyl (C=O) groups is 3. The minimum absolute atomic E-state index is 0.116. The van der Waals surface area contributed by atoms with Gasteiger partial charge in [0.1, 0.15) is 0 Å². The number of nitrogens with zero attached hydrogens (tertiary/aromatic N) is 1. The summed E-state index contributed by atoms with van der Waals surface area (Å²) in [5.74, 6) is -0.312. The van der Waals surface area contributed by atoms with Gasteiger partial charge in [-0.1, -0.05) is 18.2 Å². The molecule has 0 radical (unpaired) electrons. The molecule has 0 saturated heterocycles. The lowest BCUT2D eigenvalue weighted by Crippen LogP contribution is -2.35. The van der Waals surface area contributed by atoms with Crippen LogP contribution in [-0.4, -0.2) is 36.4 Å². The number of methoxy groups -OCH3 is 1. The van der Waals surface area contributed by atoms with Gasteiger partial charge in [0, 0.05) is 12.2 Å². The first-order chi connectivity index (χ1) is 15.9. The van der Waals surface area contributed by atoms with Crippen molar-refractivity contribution in [3.8, 4) is 11.5 Å². The number of carbonyl (C=O) groups excluding carboxylic acids is 3. The average Bonchev–Trinajstić information content (AvgIpc) is 3.60. The van der Waals surface area contributed by atoms with Gasteiger partial charge in [0.2, 0.25) is 0 Å². The maximum Gasteiger partial charge on any atom is 0.335 e. The summed E-state index contributed by atoms with van der Waals surface area (Å²) in [5.41, 5.74) is 10.6. The van der Waals surface area contributed by atoms with E-state index in [1.54, 1.807) is 42.3 Å². The number of rotatable bonds is 8. The summed E-state index contributed by atoms with van der Waals surface area (Å²) >= 11 is 0. The van der Waals surface area contributed by atoms with Crippen LogP contribution in [0.4, 0.5) is 5.69 Å². The highest BCUT2D eigenvalue weighted by Crippen LogP contribution is 2.38. The summed E-state index contributed by atoms with van der Waals surface area (Å²) in [6, 6.07) is 9.96. The van der Waals surface area contributed by atoms with Crippen molar-refractivity contribution < 1.29 is 28.7 Å². The molecule has 9 heteroatoms. The van der Waals surface area contributed by atoms with Crippen LogP contribution < -0.4 is 20.7 Å². The number of nitrogens with one attached hydrogen (secondary N) is 1. The Labute approximate surface area is 191 Å². The summed E-state index contributed by atoms with van der Waals surface area (Å²) < 4.78 is 11.0. The number of ether oxygens (including phenoxy) is 2. The topological polar surface area (TPSA) is 120 Å². The number of hydrogen-bond donors (Lipinski definition) is 2. The van der Waals surface area contributed by atoms with E-state index in [2.05, 4.69) is 5.48 Å². The molecule has 2 aromatic carbocycles. The van der Waals surface area contributed by atoms with Crippen LogP contribution in [-0.2, 0) is 21.0 Å². The molecule has 1 unspecified atom stereocenters. The zero-order valence-corrected chi connectivity index (χ0v) is 18.6. The van der Waals surface area contributed by atoms with Crippen molar-refractivity contribution in [3.05, 3.63) is 53.1 Å². The highest BCUT2D eigenvalue weighted by Gasteiger charge is 2.37. The Morgan fingerprint density at radius 2 is 2.00 bits per heavy atom. The lowest BCUT2D eigenvalue weighted by molar-refractivity contribution is -0.159. The molecule has 1 aliphatic heterocycles. The van der Waals surface area contributed by atoms with E-state index in [1.165, 1.54) is 0 Å². The molecule has 1 heterocycles. The fourth-order valence-corrected chi connectivity index (χ4v) is 3.97. The Balaban J connectivity index is 1.62. The Morgan fingerprint density at radius 3 is 2.67 bits per heavy atom. The average molecular weight is 453 g/mol. The van der Waals surface area contributed by atoms with Gasteiger partial charge in [-0.2, -0.15) is 5.48 Å². The van der Waals surface area contributed by atoms with Crippen LogP contribution >= 0.6 is 0 Å². The number of nitrogen functional groups attached to an aromatic ring is 1. The van der Waals surface area contributed by atoms with Gasteiger partial charge in [-0.3, -0.25) is 9.59 Å². The number of nitrogens with two attached hydrogens (primary N) is 1. The van der Waals surface area contributed by atoms with Crippen LogP contribution in [0.2, 0.25) is 0 Å². The number of anilines is 1. The predicted molar refractivity (Wildman–Crippen MR) is 119 cm³/mol. The molecular formula is C24H27N3O6. The van der Waals surface area contributed by atoms with Gasteiger partial charge in [-0.15, -0.1) is 0 Å². The summed E-state index contributed by atoms with van der Waals surface area (Å²) in [7, 11) is 1.54. The van der Waals surface area contributed by atoms with Gasteiger partial charge in [0.25, 0.3) is 11.8 Å². The second-order valence-electron chi connectivity index (χ2n) is 8.10. The summed E-state index contributed by atoms with van der Waals surface area (Å²) in [4.78, 5) is 44.3. The molecule has 0 spiro atoms. The second-order valence-corrected chi connectivity index (χ2v) is 8.10. The lowest BCUT2D eigenvalue weighted by Gasteiger charge is -2.28. The van der Waals surface area contributed by atoms with Gasteiger partial charge in [0.05, 0.1) is 37.7 Å². The first-order valence-electron chi connectivity index (χ1n) is 10.9. The smallest absolute Gasteiger partial charge is 0.335 e. The highest BCUT2D eigenvalue weighted by molar-refractivity contribution is 6.03. The third-order valence-electron chi connectivity index (χ3n) is 5.80. The second kappa shape index (κ2) is 9.40. The van der Waals surface area contributed by atoms with E-state index in [9.17, 15) is 14.4 Å². The van der Waals surface area contributed by atoms with E-state index < -0.39 is 17.9 Å². The minimum Gasteiger partial charge on any atom is -0.493 e. The monoisotopic (exact) mass is 453 g/mol. The molecule has 1 fully saturated rings. The number of fused-ring (bicyclic) bond motifs is 1. The summed E-state index contributed by atoms with van der Waals surface area (Å²) in [5, 5.41) is 0. The maximum absolute atomic E-state index is 13.3. The van der Waals surface area contributed by atoms with Crippen molar-refractivity contribution in [2.75, 3.05) is 19.5 Å². The molecule has 2 aliphatic rings. The molecule has 2 amide bonds. The van der Waals surface area contributed by atoms with E-state index in [4.69, 9.17) is 20.0 Å². The van der Waals surface area contributed by atoms with Crippen LogP contribution in [0.1, 0.15) is 53.7 Å². The van der Waals surface area contributed by atoms with Gasteiger partial charge in [-0.25, -0.2) is 4.79 Å². The number of hydroxylamine groups is 1. The van der Waals surface area contributed by atoms with Gasteiger partial charge in [-0.05, 0) is 49.1 Å². The predicted octanol–water partition coefficient (Wildman–Crippen LogP) is 2.75. The van der Waals surface area contributed by atoms with Crippen molar-refractivity contribution in [2.45, 2.75) is 38.8 Å². The van der Waals surface area contributed by atoms with Crippen molar-refractivity contribution in [1.29, 1.82) is 0 Å². The minimum atomic E-state index is -0.644. The van der Waals surface area contributed by atoms with Crippen molar-refractivity contribution in [1.82, 2.24) is 10.4 Å². The Kier molecular flexibility index (Phi) is 6.39. The molecule has 1 aliphatic carbocycles. The standard InChI is InChI=1S/C24H27N3O6/c1-3-32-20-11-15(9-10-19(20)31-2)18(12-21(28)26-33-24(30)14-7-8-14)27-13-16-5-4-6-17(25)22(16)23(27)29/h4-6,9-11,14,18H,3,7-8,12-13,25H2,1-2H3,(H,26,28). The van der Waals surface area contributed by atoms with Crippen LogP contribution in [0.25, 0.3) is 0 Å². The van der Waals surface area contributed by atoms with Gasteiger partial charge < -0.3 is 24.9 Å². The molecule has 174 valence electrons. The molecule has 1 saturated carbocycles. The largest absolute Gasteiger partial charge is 0.493 e. The van der Waals surface area contributed by atoms with E-state index in [0.29, 0.717) is 41.5 Å². The van der Waals surface area contributed by atoms with E-state index in [-0.39, 0.29) is 18.2 Å². The molecule has 0 aromatic heterocycles. The van der Waals surface area contributed by atoms with Crippen molar-refractivity contribution in [2.24, 2.45) is 5.92 Å². The molecule has 9 nitrogen and oxygen atoms in total. The third-order valence-corrected chi connectivity index (χ3v) is 5.80. The maximum atomic E-state index is 13.3. The fraction of sp³-hybridized carbons (Fsp3) is 0.375. The quantitative estimate of drug-likeness (QED) is 0.466. The van der Waals surface area contributed by atoms with Crippen molar-refractivity contribution in [3.63, 3.8) is 0 Å². The molecular weight excluding hydrogens is 426 g/mol. The van der Waals surface area contributed by atoms with E-state index in [0.717, 1.165) is 18.4 Å². The van der Waals surface area contributed by atoms with Crippen LogP contribution in [0.5, 0.6) is 11.5 Å².